The van der Waals surface area contributed by atoms with E-state index in [0.29, 0.717) is 17.1 Å². The van der Waals surface area contributed by atoms with Gasteiger partial charge in [0.2, 0.25) is 5.91 Å². The highest BCUT2D eigenvalue weighted by Crippen LogP contribution is 2.26. The minimum atomic E-state index is -3.81. The summed E-state index contributed by atoms with van der Waals surface area (Å²) in [4.78, 5) is 12.2. The van der Waals surface area contributed by atoms with Crippen LogP contribution in [0.1, 0.15) is 5.56 Å². The normalized spacial score (nSPS) is 11.2. The number of carbonyl (C=O) groups excluding carboxylic acids is 1. The zero-order valence-electron chi connectivity index (χ0n) is 17.0. The highest BCUT2D eigenvalue weighted by Gasteiger charge is 2.16. The van der Waals surface area contributed by atoms with E-state index < -0.39 is 10.0 Å². The van der Waals surface area contributed by atoms with Crippen molar-refractivity contribution in [2.75, 3.05) is 24.3 Å². The van der Waals surface area contributed by atoms with Gasteiger partial charge < -0.3 is 14.8 Å². The molecule has 7 nitrogen and oxygen atoms in total. The summed E-state index contributed by atoms with van der Waals surface area (Å²) in [7, 11) is -0.757. The Hall–Kier alpha value is -3.78. The van der Waals surface area contributed by atoms with E-state index in [1.807, 2.05) is 12.1 Å². The van der Waals surface area contributed by atoms with Crippen molar-refractivity contribution in [1.29, 1.82) is 0 Å². The second kappa shape index (κ2) is 9.82. The molecule has 2 N–H and O–H groups in total. The number of hydrogen-bond acceptors (Lipinski definition) is 5. The lowest BCUT2D eigenvalue weighted by Crippen LogP contribution is -2.14. The molecule has 8 heteroatoms. The van der Waals surface area contributed by atoms with E-state index in [-0.39, 0.29) is 10.8 Å². The Balaban J connectivity index is 1.64. The van der Waals surface area contributed by atoms with Gasteiger partial charge in [0.05, 0.1) is 24.8 Å². The van der Waals surface area contributed by atoms with Gasteiger partial charge in [-0.25, -0.2) is 8.42 Å². The summed E-state index contributed by atoms with van der Waals surface area (Å²) in [5, 5.41) is 2.70. The van der Waals surface area contributed by atoms with Crippen molar-refractivity contribution >= 4 is 33.4 Å². The second-order valence-electron chi connectivity index (χ2n) is 6.43. The fourth-order valence-corrected chi connectivity index (χ4v) is 3.79. The summed E-state index contributed by atoms with van der Waals surface area (Å²) >= 11 is 0. The summed E-state index contributed by atoms with van der Waals surface area (Å²) in [6, 6.07) is 19.9. The van der Waals surface area contributed by atoms with Crippen LogP contribution in [0, 0.1) is 0 Å². The number of para-hydroxylation sites is 2. The van der Waals surface area contributed by atoms with Crippen molar-refractivity contribution in [2.45, 2.75) is 4.90 Å². The summed E-state index contributed by atoms with van der Waals surface area (Å²) in [5.41, 5.74) is 1.66. The van der Waals surface area contributed by atoms with Crippen LogP contribution in [-0.2, 0) is 14.8 Å². The Morgan fingerprint density at radius 1 is 0.871 bits per heavy atom. The number of rotatable bonds is 8. The maximum absolute atomic E-state index is 12.6. The van der Waals surface area contributed by atoms with Crippen molar-refractivity contribution in [2.24, 2.45) is 0 Å². The molecule has 0 radical (unpaired) electrons. The van der Waals surface area contributed by atoms with E-state index in [1.165, 1.54) is 37.5 Å². The van der Waals surface area contributed by atoms with Gasteiger partial charge in [0.25, 0.3) is 10.0 Å². The first-order valence-corrected chi connectivity index (χ1v) is 10.8. The van der Waals surface area contributed by atoms with Gasteiger partial charge in [-0.15, -0.1) is 0 Å². The van der Waals surface area contributed by atoms with Crippen LogP contribution in [0.4, 0.5) is 11.4 Å². The van der Waals surface area contributed by atoms with E-state index >= 15 is 0 Å². The summed E-state index contributed by atoms with van der Waals surface area (Å²) in [6.45, 7) is 0. The molecule has 0 aromatic heterocycles. The predicted octanol–water partition coefficient (Wildman–Crippen LogP) is 4.16. The highest BCUT2D eigenvalue weighted by atomic mass is 32.2. The second-order valence-corrected chi connectivity index (χ2v) is 8.11. The first-order chi connectivity index (χ1) is 14.9. The molecule has 3 aromatic rings. The quantitative estimate of drug-likeness (QED) is 0.515. The van der Waals surface area contributed by atoms with Crippen molar-refractivity contribution in [3.63, 3.8) is 0 Å². The van der Waals surface area contributed by atoms with E-state index in [1.54, 1.807) is 49.6 Å². The highest BCUT2D eigenvalue weighted by molar-refractivity contribution is 7.92. The number of nitrogens with one attached hydrogen (secondary N) is 2. The van der Waals surface area contributed by atoms with Crippen LogP contribution in [0.15, 0.2) is 83.8 Å². The van der Waals surface area contributed by atoms with Crippen molar-refractivity contribution in [3.8, 4) is 11.5 Å². The predicted molar refractivity (Wildman–Crippen MR) is 121 cm³/mol. The molecule has 0 saturated carbocycles. The maximum Gasteiger partial charge on any atom is 0.262 e. The number of methoxy groups -OCH3 is 2. The van der Waals surface area contributed by atoms with Gasteiger partial charge in [-0.1, -0.05) is 24.3 Å². The minimum absolute atomic E-state index is 0.0604. The van der Waals surface area contributed by atoms with E-state index in [2.05, 4.69) is 10.0 Å². The molecule has 0 saturated heterocycles. The third kappa shape index (κ3) is 5.86. The van der Waals surface area contributed by atoms with Gasteiger partial charge >= 0.3 is 0 Å². The fourth-order valence-electron chi connectivity index (χ4n) is 2.72. The average Bonchev–Trinajstić information content (AvgIpc) is 2.78. The van der Waals surface area contributed by atoms with Crippen LogP contribution in [0.25, 0.3) is 6.08 Å². The third-order valence-corrected chi connectivity index (χ3v) is 5.71. The first kappa shape index (κ1) is 21.9. The molecule has 0 aliphatic carbocycles. The summed E-state index contributed by atoms with van der Waals surface area (Å²) < 4.78 is 38.0. The van der Waals surface area contributed by atoms with Gasteiger partial charge in [0, 0.05) is 11.8 Å². The van der Waals surface area contributed by atoms with Gasteiger partial charge in [-0.3, -0.25) is 9.52 Å². The number of amides is 1. The van der Waals surface area contributed by atoms with E-state index in [9.17, 15) is 13.2 Å². The number of carbonyl (C=O) groups is 1. The molecule has 0 bridgehead atoms. The number of benzene rings is 3. The van der Waals surface area contributed by atoms with Gasteiger partial charge in [0.1, 0.15) is 11.5 Å². The topological polar surface area (TPSA) is 93.7 Å². The summed E-state index contributed by atoms with van der Waals surface area (Å²) in [6.07, 6.45) is 3.07. The molecule has 160 valence electrons. The summed E-state index contributed by atoms with van der Waals surface area (Å²) in [5.74, 6) is 0.814. The standard InChI is InChI=1S/C23H22N2O5S/c1-29-19-12-7-17(8-13-19)9-16-23(26)24-18-10-14-20(15-11-18)31(27,28)25-21-5-3-4-6-22(21)30-2/h3-16,25H,1-2H3,(H,24,26)/b16-9+. The number of anilines is 2. The molecule has 0 aliphatic heterocycles. The molecule has 0 aliphatic rings. The molecule has 0 atom stereocenters. The largest absolute Gasteiger partial charge is 0.497 e. The molecule has 3 aromatic carbocycles. The Bertz CT molecular complexity index is 1170. The van der Waals surface area contributed by atoms with E-state index in [0.717, 1.165) is 11.3 Å². The zero-order chi connectivity index (χ0) is 22.3. The first-order valence-electron chi connectivity index (χ1n) is 9.30. The van der Waals surface area contributed by atoms with Crippen molar-refractivity contribution in [3.05, 3.63) is 84.4 Å². The van der Waals surface area contributed by atoms with Crippen LogP contribution >= 0.6 is 0 Å². The van der Waals surface area contributed by atoms with Crippen LogP contribution in [0.3, 0.4) is 0 Å². The average molecular weight is 439 g/mol. The molecule has 3 rings (SSSR count). The molecule has 1 amide bonds. The Morgan fingerprint density at radius 2 is 1.55 bits per heavy atom. The van der Waals surface area contributed by atoms with E-state index in [4.69, 9.17) is 9.47 Å². The molecule has 31 heavy (non-hydrogen) atoms. The SMILES string of the molecule is COc1ccc(/C=C/C(=O)Nc2ccc(S(=O)(=O)Nc3ccccc3OC)cc2)cc1. The van der Waals surface area contributed by atoms with Crippen LogP contribution in [0.2, 0.25) is 0 Å². The molecular weight excluding hydrogens is 416 g/mol. The third-order valence-electron chi connectivity index (χ3n) is 4.33. The molecule has 0 fully saturated rings. The Morgan fingerprint density at radius 3 is 2.19 bits per heavy atom. The molecule has 0 unspecified atom stereocenters. The van der Waals surface area contributed by atoms with Crippen LogP contribution in [-0.4, -0.2) is 28.5 Å². The number of sulfonamides is 1. The smallest absolute Gasteiger partial charge is 0.262 e. The fraction of sp³-hybridized carbons (Fsp3) is 0.0870. The number of ether oxygens (including phenoxy) is 2. The lowest BCUT2D eigenvalue weighted by molar-refractivity contribution is -0.111. The molecule has 0 spiro atoms. The van der Waals surface area contributed by atoms with Gasteiger partial charge in [0.15, 0.2) is 0 Å². The number of hydrogen-bond donors (Lipinski definition) is 2. The van der Waals surface area contributed by atoms with Gasteiger partial charge in [-0.05, 0) is 60.2 Å². The van der Waals surface area contributed by atoms with Crippen LogP contribution < -0.4 is 19.5 Å². The zero-order valence-corrected chi connectivity index (χ0v) is 17.8. The maximum atomic E-state index is 12.6. The van der Waals surface area contributed by atoms with Crippen molar-refractivity contribution < 1.29 is 22.7 Å². The lowest BCUT2D eigenvalue weighted by atomic mass is 10.2. The Labute approximate surface area is 181 Å². The van der Waals surface area contributed by atoms with Gasteiger partial charge in [-0.2, -0.15) is 0 Å². The molecular formula is C23H22N2O5S. The van der Waals surface area contributed by atoms with Crippen molar-refractivity contribution in [1.82, 2.24) is 0 Å². The Kier molecular flexibility index (Phi) is 6.94. The lowest BCUT2D eigenvalue weighted by Gasteiger charge is -2.12. The van der Waals surface area contributed by atoms with Crippen LogP contribution in [0.5, 0.6) is 11.5 Å². The monoisotopic (exact) mass is 438 g/mol. The molecule has 0 heterocycles. The minimum Gasteiger partial charge on any atom is -0.497 e.